The number of allylic oxidation sites excluding steroid dienone is 2. The molecule has 4 saturated carbocycles. The second-order valence-electron chi connectivity index (χ2n) is 32.3. The van der Waals surface area contributed by atoms with E-state index in [1.165, 1.54) is 6.08 Å². The van der Waals surface area contributed by atoms with Crippen LogP contribution in [0, 0.1) is 50.2 Å². The van der Waals surface area contributed by atoms with Gasteiger partial charge in [0.25, 0.3) is 0 Å². The van der Waals surface area contributed by atoms with Gasteiger partial charge in [-0.2, -0.15) is 0 Å². The molecular formula is C73H110O33. The molecule has 11 rings (SSSR count). The summed E-state index contributed by atoms with van der Waals surface area (Å²) in [4.78, 5) is 28.1. The maximum Gasteiger partial charge on any atom is 0.333 e. The highest BCUT2D eigenvalue weighted by Crippen LogP contribution is 2.76. The van der Waals surface area contributed by atoms with E-state index in [2.05, 4.69) is 19.9 Å². The van der Waals surface area contributed by atoms with Crippen LogP contribution in [0.2, 0.25) is 0 Å². The van der Waals surface area contributed by atoms with Crippen molar-refractivity contribution in [3.05, 3.63) is 65.3 Å². The molecule has 0 radical (unpaired) electrons. The number of rotatable bonds is 21. The second kappa shape index (κ2) is 32.4. The average Bonchev–Trinajstić information content (AvgIpc) is 0.661. The Morgan fingerprint density at radius 3 is 1.64 bits per heavy atom. The van der Waals surface area contributed by atoms with Crippen molar-refractivity contribution >= 4 is 18.0 Å². The van der Waals surface area contributed by atoms with Crippen molar-refractivity contribution in [1.82, 2.24) is 0 Å². The molecule has 37 atom stereocenters. The first-order valence-electron chi connectivity index (χ1n) is 36.6. The Labute approximate surface area is 613 Å². The van der Waals surface area contributed by atoms with Crippen LogP contribution in [-0.4, -0.2) is 333 Å². The van der Waals surface area contributed by atoms with Gasteiger partial charge in [-0.3, -0.25) is 0 Å². The van der Waals surface area contributed by atoms with Crippen molar-refractivity contribution in [2.45, 2.75) is 272 Å². The molecule has 1 aromatic rings. The summed E-state index contributed by atoms with van der Waals surface area (Å²) >= 11 is 0. The normalized spacial score (nSPS) is 49.7. The van der Waals surface area contributed by atoms with E-state index in [1.54, 1.807) is 50.3 Å². The minimum Gasteiger partial charge on any atom is -0.455 e. The minimum absolute atomic E-state index is 0.105. The summed E-state index contributed by atoms with van der Waals surface area (Å²) < 4.78 is 73.7. The van der Waals surface area contributed by atoms with Crippen molar-refractivity contribution in [3.8, 4) is 0 Å². The monoisotopic (exact) mass is 1510 g/mol. The Morgan fingerprint density at radius 2 is 1.10 bits per heavy atom. The van der Waals surface area contributed by atoms with E-state index in [0.29, 0.717) is 31.2 Å². The number of ether oxygens (including phenoxy) is 12. The largest absolute Gasteiger partial charge is 0.455 e. The van der Waals surface area contributed by atoms with E-state index < -0.39 is 280 Å². The highest BCUT2D eigenvalue weighted by Gasteiger charge is 2.77. The topological polar surface area (TPSA) is 529 Å². The maximum atomic E-state index is 14.1. The van der Waals surface area contributed by atoms with Gasteiger partial charge < -0.3 is 154 Å². The molecule has 5 aliphatic carbocycles. The van der Waals surface area contributed by atoms with Crippen LogP contribution in [0.5, 0.6) is 0 Å². The fourth-order valence-corrected chi connectivity index (χ4v) is 19.6. The molecule has 0 aromatic heterocycles. The zero-order valence-electron chi connectivity index (χ0n) is 60.6. The van der Waals surface area contributed by atoms with Crippen molar-refractivity contribution in [3.63, 3.8) is 0 Å². The second-order valence-corrected chi connectivity index (χ2v) is 32.3. The molecule has 0 spiro atoms. The molecule has 600 valence electrons. The van der Waals surface area contributed by atoms with E-state index in [9.17, 15) is 107 Å². The Morgan fingerprint density at radius 1 is 0.557 bits per heavy atom. The SMILES string of the molecule is C/C=C(\C)C(=O)O[C@H]1[C@H](OC(=O)/C=C/c2ccccc2)C(C)(C)CC2C3=CC[C@@H]4[C@@]5(C)CC[C@H](O[C@@H]6O[C@H](CO[C@@H]7OC[C@H](O)[C@H](O[C@@H]8O[C@H](CO)[C@@H](O)[C@H](O)[C@H]8O)[C@H]7O)[C@@H](O[C@@H]7O[C@H](CO)[C@@H](O)[C@H](O)[C@H]7O)[C@H](O)[C@H]6O[C@@H]6O[C@H](CO)[C@@H](O)[C@H](O)[C@H]6O)[C@@](C)(CO)C5CC[C@@]4(C)[C@]3(C)[C@@H](O)[C@@H](O)[C@]21CO. The number of aliphatic hydroxyl groups excluding tert-OH is 19. The zero-order valence-corrected chi connectivity index (χ0v) is 60.6. The van der Waals surface area contributed by atoms with Crippen LogP contribution in [0.1, 0.15) is 99.5 Å². The number of benzene rings is 1. The minimum atomic E-state index is -2.19. The molecule has 10 aliphatic rings. The lowest BCUT2D eigenvalue weighted by Crippen LogP contribution is -2.76. The fourth-order valence-electron chi connectivity index (χ4n) is 19.6. The predicted octanol–water partition coefficient (Wildman–Crippen LogP) is -4.46. The molecule has 106 heavy (non-hydrogen) atoms. The molecule has 0 amide bonds. The van der Waals surface area contributed by atoms with Crippen LogP contribution in [0.4, 0.5) is 0 Å². The van der Waals surface area contributed by atoms with Crippen molar-refractivity contribution in [1.29, 1.82) is 0 Å². The van der Waals surface area contributed by atoms with Crippen LogP contribution in [0.25, 0.3) is 6.08 Å². The van der Waals surface area contributed by atoms with Crippen LogP contribution < -0.4 is 0 Å². The zero-order chi connectivity index (χ0) is 77.4. The molecule has 5 aliphatic heterocycles. The third-order valence-corrected chi connectivity index (χ3v) is 26.2. The van der Waals surface area contributed by atoms with Gasteiger partial charge in [0.05, 0.1) is 70.0 Å². The van der Waals surface area contributed by atoms with E-state index in [1.807, 2.05) is 33.8 Å². The van der Waals surface area contributed by atoms with Gasteiger partial charge in [0.1, 0.15) is 122 Å². The first-order valence-corrected chi connectivity index (χ1v) is 36.6. The molecule has 5 saturated heterocycles. The van der Waals surface area contributed by atoms with E-state index >= 15 is 0 Å². The Kier molecular flexibility index (Phi) is 25.4. The predicted molar refractivity (Wildman–Crippen MR) is 359 cm³/mol. The molecular weight excluding hydrogens is 1400 g/mol. The lowest BCUT2D eigenvalue weighted by molar-refractivity contribution is -0.400. The molecule has 5 heterocycles. The number of fused-ring (bicyclic) bond motifs is 7. The highest BCUT2D eigenvalue weighted by molar-refractivity contribution is 5.88. The van der Waals surface area contributed by atoms with E-state index in [-0.39, 0.29) is 24.3 Å². The number of hydrogen-bond donors (Lipinski definition) is 19. The van der Waals surface area contributed by atoms with Gasteiger partial charge in [0, 0.05) is 27.9 Å². The van der Waals surface area contributed by atoms with Gasteiger partial charge in [-0.1, -0.05) is 89.6 Å². The lowest BCUT2D eigenvalue weighted by Gasteiger charge is -2.73. The molecule has 19 N–H and O–H groups in total. The van der Waals surface area contributed by atoms with E-state index in [0.717, 1.165) is 5.57 Å². The summed E-state index contributed by atoms with van der Waals surface area (Å²) in [5.41, 5.74) is -5.42. The Hall–Kier alpha value is -3.78. The van der Waals surface area contributed by atoms with E-state index in [4.69, 9.17) is 56.8 Å². The quantitative estimate of drug-likeness (QED) is 0.0239. The first-order chi connectivity index (χ1) is 50.0. The number of esters is 2. The van der Waals surface area contributed by atoms with Gasteiger partial charge in [0.2, 0.25) is 0 Å². The number of carbonyl (C=O) groups is 2. The van der Waals surface area contributed by atoms with Crippen molar-refractivity contribution < 1.29 is 163 Å². The Bertz CT molecular complexity index is 3250. The number of aliphatic hydroxyl groups is 19. The first kappa shape index (κ1) is 83.2. The van der Waals surface area contributed by atoms with Crippen LogP contribution in [0.3, 0.4) is 0 Å². The van der Waals surface area contributed by atoms with Crippen molar-refractivity contribution in [2.24, 2.45) is 50.2 Å². The van der Waals surface area contributed by atoms with Crippen molar-refractivity contribution in [2.75, 3.05) is 46.2 Å². The smallest absolute Gasteiger partial charge is 0.333 e. The molecule has 33 nitrogen and oxygen atoms in total. The number of carbonyl (C=O) groups excluding carboxylic acids is 2. The average molecular weight is 1520 g/mol. The Balaban J connectivity index is 0.918. The van der Waals surface area contributed by atoms with Gasteiger partial charge in [-0.05, 0) is 92.6 Å². The molecule has 1 aromatic carbocycles. The lowest BCUT2D eigenvalue weighted by atomic mass is 9.32. The molecule has 2 unspecified atom stereocenters. The summed E-state index contributed by atoms with van der Waals surface area (Å²) in [7, 11) is 0. The van der Waals surface area contributed by atoms with Gasteiger partial charge in [0.15, 0.2) is 37.6 Å². The molecule has 9 fully saturated rings. The summed E-state index contributed by atoms with van der Waals surface area (Å²) in [6, 6.07) is 9.03. The summed E-state index contributed by atoms with van der Waals surface area (Å²) in [6.07, 6.45) is -44.7. The molecule has 0 bridgehead atoms. The van der Waals surface area contributed by atoms with Gasteiger partial charge in [-0.15, -0.1) is 0 Å². The summed E-state index contributed by atoms with van der Waals surface area (Å²) in [6.45, 7) is 9.27. The maximum absolute atomic E-state index is 14.1. The van der Waals surface area contributed by atoms with Crippen LogP contribution >= 0.6 is 0 Å². The third-order valence-electron chi connectivity index (χ3n) is 26.2. The van der Waals surface area contributed by atoms with Crippen LogP contribution in [0.15, 0.2) is 59.7 Å². The fraction of sp³-hybridized carbons (Fsp3) is 0.808. The summed E-state index contributed by atoms with van der Waals surface area (Å²) in [5.74, 6) is -3.15. The summed E-state index contributed by atoms with van der Waals surface area (Å²) in [5, 5.41) is 215. The third kappa shape index (κ3) is 14.3. The standard InChI is InChI=1S/C73H110O33/c1-9-31(2)62(94)106-61-60(102-43(80)18-15-32-13-11-10-12-14-32)68(3,4)23-34-33-16-17-41-69(5)21-20-42(70(6,29-77)40(69)19-22-71(41,7)72(33,8)58(92)59(93)73(34,61)30-78)101-67-57(105-66-52(89)49(86)46(83)38(26-76)99-66)53(90)56(104-65-51(88)48(85)45(82)37(25-75)98-65)39(100-67)28-96-63-54(91)55(35(79)27-95-63)103-64-50(87)47(84)44(81)36(24-74)97-64/h9-16,18,34-42,44-61,63-67,74-79,81-93H,17,19-30H2,1-8H3/b18-15+,31-9+/t34?,35-,36+,37+,38+,39+,40?,41+,42-,44+,45+,46+,47-,48-,49-,50+,51+,52+,53-,54+,55-,56+,57+,58-,59+,60-,61-,63-,64-,65-,66-,67-,69-,70-,71+,72-,73-/m0/s1. The molecule has 33 heteroatoms. The highest BCUT2D eigenvalue weighted by atomic mass is 16.8. The number of hydrogen-bond acceptors (Lipinski definition) is 33. The van der Waals surface area contributed by atoms with Gasteiger partial charge >= 0.3 is 11.9 Å². The van der Waals surface area contributed by atoms with Crippen LogP contribution in [-0.2, 0) is 66.4 Å². The van der Waals surface area contributed by atoms with Gasteiger partial charge in [-0.25, -0.2) is 9.59 Å².